The number of allylic oxidation sites excluding steroid dienone is 4. The summed E-state index contributed by atoms with van der Waals surface area (Å²) < 4.78 is 0. The Labute approximate surface area is 120 Å². The van der Waals surface area contributed by atoms with Gasteiger partial charge in [-0.25, -0.2) is 4.99 Å². The average Bonchev–Trinajstić information content (AvgIpc) is 2.69. The number of likely N-dealkylation sites (N-methyl/N-ethyl adjacent to an activating group) is 1. The van der Waals surface area contributed by atoms with Crippen molar-refractivity contribution in [1.82, 2.24) is 9.80 Å². The van der Waals surface area contributed by atoms with Crippen molar-refractivity contribution in [1.29, 1.82) is 0 Å². The Morgan fingerprint density at radius 3 is 2.85 bits per heavy atom. The molecule has 0 unspecified atom stereocenters. The van der Waals surface area contributed by atoms with Crippen molar-refractivity contribution >= 4 is 12.0 Å². The summed E-state index contributed by atoms with van der Waals surface area (Å²) in [5, 5.41) is 0. The third kappa shape index (κ3) is 2.39. The zero-order valence-corrected chi connectivity index (χ0v) is 12.0. The zero-order valence-electron chi connectivity index (χ0n) is 12.0. The molecule has 1 aromatic rings. The zero-order chi connectivity index (χ0) is 13.9. The summed E-state index contributed by atoms with van der Waals surface area (Å²) in [5.41, 5.74) is 4.82. The number of rotatable bonds is 0. The second-order valence-electron chi connectivity index (χ2n) is 5.16. The second-order valence-corrected chi connectivity index (χ2v) is 5.16. The molecule has 0 radical (unpaired) electrons. The molecule has 0 N–H and O–H groups in total. The molecule has 1 heterocycles. The molecule has 0 atom stereocenters. The maximum Gasteiger partial charge on any atom is 0.0952 e. The molecule has 1 aromatic carbocycles. The maximum atomic E-state index is 4.64. The van der Waals surface area contributed by atoms with Gasteiger partial charge in [-0.1, -0.05) is 36.4 Å². The molecule has 1 aliphatic heterocycles. The summed E-state index contributed by atoms with van der Waals surface area (Å²) in [6.45, 7) is 0.866. The number of fused-ring (bicyclic) bond motifs is 1. The van der Waals surface area contributed by atoms with Crippen LogP contribution in [0.25, 0.3) is 0 Å². The first kappa shape index (κ1) is 12.7. The van der Waals surface area contributed by atoms with Gasteiger partial charge >= 0.3 is 0 Å². The highest BCUT2D eigenvalue weighted by Crippen LogP contribution is 2.27. The molecule has 20 heavy (non-hydrogen) atoms. The number of para-hydroxylation sites is 1. The van der Waals surface area contributed by atoms with Crippen molar-refractivity contribution < 1.29 is 0 Å². The predicted molar refractivity (Wildman–Crippen MR) is 83.7 cm³/mol. The summed E-state index contributed by atoms with van der Waals surface area (Å²) in [5.74, 6) is 0. The fourth-order valence-corrected chi connectivity index (χ4v) is 2.61. The number of aliphatic imine (C=N–C) groups is 1. The van der Waals surface area contributed by atoms with Crippen LogP contribution in [0.1, 0.15) is 12.0 Å². The third-order valence-corrected chi connectivity index (χ3v) is 3.71. The van der Waals surface area contributed by atoms with Crippen LogP contribution in [0.15, 0.2) is 65.0 Å². The molecule has 102 valence electrons. The number of benzene rings is 1. The minimum absolute atomic E-state index is 0.866. The number of hydrogen-bond donors (Lipinski definition) is 0. The molecular weight excluding hydrogens is 246 g/mol. The van der Waals surface area contributed by atoms with E-state index in [2.05, 4.69) is 71.4 Å². The molecule has 3 rings (SSSR count). The Kier molecular flexibility index (Phi) is 3.42. The van der Waals surface area contributed by atoms with Gasteiger partial charge in [0, 0.05) is 32.8 Å². The normalized spacial score (nSPS) is 18.1. The van der Waals surface area contributed by atoms with E-state index in [4.69, 9.17) is 0 Å². The summed E-state index contributed by atoms with van der Waals surface area (Å²) in [6.07, 6.45) is 11.4. The Balaban J connectivity index is 2.09. The highest BCUT2D eigenvalue weighted by atomic mass is 15.2. The molecule has 0 fully saturated rings. The number of nitrogens with zero attached hydrogens (tertiary/aromatic N) is 3. The molecule has 0 bridgehead atoms. The molecule has 2 aliphatic rings. The van der Waals surface area contributed by atoms with Crippen molar-refractivity contribution in [3.05, 3.63) is 65.5 Å². The molecule has 3 nitrogen and oxygen atoms in total. The van der Waals surface area contributed by atoms with Gasteiger partial charge < -0.3 is 9.80 Å². The van der Waals surface area contributed by atoms with Crippen LogP contribution in [0.3, 0.4) is 0 Å². The Bertz CT molecular complexity index is 623. The van der Waals surface area contributed by atoms with E-state index in [1.165, 1.54) is 17.0 Å². The lowest BCUT2D eigenvalue weighted by Gasteiger charge is -2.26. The minimum atomic E-state index is 0.866. The van der Waals surface area contributed by atoms with E-state index in [9.17, 15) is 0 Å². The lowest BCUT2D eigenvalue weighted by atomic mass is 10.1. The van der Waals surface area contributed by atoms with E-state index in [0.29, 0.717) is 0 Å². The second kappa shape index (κ2) is 5.37. The van der Waals surface area contributed by atoms with Crippen LogP contribution in [0.4, 0.5) is 5.69 Å². The van der Waals surface area contributed by atoms with Gasteiger partial charge in [-0.15, -0.1) is 0 Å². The molecule has 0 aromatic heterocycles. The standard InChI is InChI=1S/C17H19N3/c1-19-12-14-8-6-7-9-15(14)18-13-20(2)17-11-5-3-4-10-16(17)19/h3-10,13H,11-12H2,1-2H3. The van der Waals surface area contributed by atoms with Crippen molar-refractivity contribution in [3.8, 4) is 0 Å². The smallest absolute Gasteiger partial charge is 0.0952 e. The van der Waals surface area contributed by atoms with E-state index in [0.717, 1.165) is 18.7 Å². The highest BCUT2D eigenvalue weighted by Gasteiger charge is 2.16. The Hall–Kier alpha value is -2.29. The van der Waals surface area contributed by atoms with Crippen LogP contribution < -0.4 is 0 Å². The van der Waals surface area contributed by atoms with E-state index in [1.54, 1.807) is 0 Å². The quantitative estimate of drug-likeness (QED) is 0.715. The van der Waals surface area contributed by atoms with Crippen molar-refractivity contribution in [2.45, 2.75) is 13.0 Å². The lowest BCUT2D eigenvalue weighted by Crippen LogP contribution is -2.23. The number of hydrogen-bond acceptors (Lipinski definition) is 3. The van der Waals surface area contributed by atoms with E-state index in [-0.39, 0.29) is 0 Å². The third-order valence-electron chi connectivity index (χ3n) is 3.71. The molecule has 1 aliphatic carbocycles. The van der Waals surface area contributed by atoms with Crippen LogP contribution in [0, 0.1) is 0 Å². The Morgan fingerprint density at radius 1 is 1.10 bits per heavy atom. The summed E-state index contributed by atoms with van der Waals surface area (Å²) in [7, 11) is 4.20. The monoisotopic (exact) mass is 265 g/mol. The molecule has 3 heteroatoms. The molecule has 0 spiro atoms. The van der Waals surface area contributed by atoms with Gasteiger partial charge in [0.15, 0.2) is 0 Å². The van der Waals surface area contributed by atoms with Gasteiger partial charge in [0.05, 0.1) is 17.7 Å². The van der Waals surface area contributed by atoms with Gasteiger partial charge in [-0.05, 0) is 17.7 Å². The summed E-state index contributed by atoms with van der Waals surface area (Å²) in [4.78, 5) is 9.05. The van der Waals surface area contributed by atoms with E-state index >= 15 is 0 Å². The van der Waals surface area contributed by atoms with E-state index in [1.807, 2.05) is 12.4 Å². The molecule has 0 saturated heterocycles. The van der Waals surface area contributed by atoms with Crippen LogP contribution in [-0.4, -0.2) is 30.2 Å². The van der Waals surface area contributed by atoms with Gasteiger partial charge in [0.25, 0.3) is 0 Å². The first-order valence-electron chi connectivity index (χ1n) is 6.88. The van der Waals surface area contributed by atoms with Crippen molar-refractivity contribution in [2.24, 2.45) is 4.99 Å². The molecular formula is C17H19N3. The SMILES string of the molecule is CN1C=Nc2ccccc2CN(C)C2=C1CC=CC=C2. The fraction of sp³-hybridized carbons (Fsp3) is 0.235. The predicted octanol–water partition coefficient (Wildman–Crippen LogP) is 3.45. The summed E-state index contributed by atoms with van der Waals surface area (Å²) >= 11 is 0. The Morgan fingerprint density at radius 2 is 1.95 bits per heavy atom. The maximum absolute atomic E-state index is 4.64. The first-order chi connectivity index (χ1) is 9.75. The van der Waals surface area contributed by atoms with Crippen molar-refractivity contribution in [2.75, 3.05) is 14.1 Å². The van der Waals surface area contributed by atoms with Crippen LogP contribution in [0.2, 0.25) is 0 Å². The van der Waals surface area contributed by atoms with Crippen LogP contribution >= 0.6 is 0 Å². The van der Waals surface area contributed by atoms with Crippen molar-refractivity contribution in [3.63, 3.8) is 0 Å². The van der Waals surface area contributed by atoms with Crippen LogP contribution in [0.5, 0.6) is 0 Å². The molecule has 0 saturated carbocycles. The highest BCUT2D eigenvalue weighted by molar-refractivity contribution is 5.66. The lowest BCUT2D eigenvalue weighted by molar-refractivity contribution is 0.407. The largest absolute Gasteiger partial charge is 0.369 e. The van der Waals surface area contributed by atoms with Gasteiger partial charge in [-0.3, -0.25) is 0 Å². The fourth-order valence-electron chi connectivity index (χ4n) is 2.61. The summed E-state index contributed by atoms with van der Waals surface area (Å²) in [6, 6.07) is 8.33. The van der Waals surface area contributed by atoms with Gasteiger partial charge in [-0.2, -0.15) is 0 Å². The van der Waals surface area contributed by atoms with E-state index < -0.39 is 0 Å². The van der Waals surface area contributed by atoms with Gasteiger partial charge in [0.1, 0.15) is 0 Å². The minimum Gasteiger partial charge on any atom is -0.369 e. The first-order valence-corrected chi connectivity index (χ1v) is 6.88. The average molecular weight is 265 g/mol. The molecule has 0 amide bonds. The topological polar surface area (TPSA) is 18.8 Å². The van der Waals surface area contributed by atoms with Crippen LogP contribution in [-0.2, 0) is 6.54 Å². The van der Waals surface area contributed by atoms with Gasteiger partial charge in [0.2, 0.25) is 0 Å².